The highest BCUT2D eigenvalue weighted by molar-refractivity contribution is 5.82. The summed E-state index contributed by atoms with van der Waals surface area (Å²) in [6.45, 7) is 0. The van der Waals surface area contributed by atoms with Crippen molar-refractivity contribution in [2.75, 3.05) is 0 Å². The smallest absolute Gasteiger partial charge is 0.134 e. The molecule has 0 amide bonds. The van der Waals surface area contributed by atoms with Crippen LogP contribution in [0.5, 0.6) is 0 Å². The van der Waals surface area contributed by atoms with E-state index in [2.05, 4.69) is 18.2 Å². The van der Waals surface area contributed by atoms with E-state index >= 15 is 0 Å². The van der Waals surface area contributed by atoms with Gasteiger partial charge in [0.2, 0.25) is 0 Å². The summed E-state index contributed by atoms with van der Waals surface area (Å²) in [5.74, 6) is 0.328. The fourth-order valence-corrected chi connectivity index (χ4v) is 3.38. The molecule has 2 aromatic carbocycles. The molecule has 2 nitrogen and oxygen atoms in total. The molecule has 0 aliphatic heterocycles. The Morgan fingerprint density at radius 2 is 1.62 bits per heavy atom. The van der Waals surface area contributed by atoms with Crippen molar-refractivity contribution in [2.45, 2.75) is 31.1 Å². The Morgan fingerprint density at radius 1 is 0.952 bits per heavy atom. The Morgan fingerprint density at radius 3 is 2.24 bits per heavy atom. The van der Waals surface area contributed by atoms with Crippen molar-refractivity contribution in [1.29, 1.82) is 5.26 Å². The molecule has 2 aromatic rings. The van der Waals surface area contributed by atoms with Crippen molar-refractivity contribution in [1.82, 2.24) is 0 Å². The Kier molecular flexibility index (Phi) is 3.58. The van der Waals surface area contributed by atoms with Gasteiger partial charge in [-0.2, -0.15) is 5.26 Å². The van der Waals surface area contributed by atoms with E-state index in [4.69, 9.17) is 5.26 Å². The monoisotopic (exact) mass is 275 g/mol. The lowest BCUT2D eigenvalue weighted by atomic mass is 9.65. The zero-order valence-corrected chi connectivity index (χ0v) is 11.9. The summed E-state index contributed by atoms with van der Waals surface area (Å²) in [7, 11) is 0. The number of ketones is 1. The third-order valence-corrected chi connectivity index (χ3v) is 4.45. The predicted octanol–water partition coefficient (Wildman–Crippen LogP) is 3.99. The Balaban J connectivity index is 2.11. The number of Topliss-reactive ketones (excluding diaryl/α,β-unsaturated/α-hetero) is 1. The lowest BCUT2D eigenvalue weighted by molar-refractivity contribution is -0.121. The maximum Gasteiger partial charge on any atom is 0.134 e. The van der Waals surface area contributed by atoms with Gasteiger partial charge < -0.3 is 0 Å². The lowest BCUT2D eigenvalue weighted by Crippen LogP contribution is -2.34. The molecule has 0 bridgehead atoms. The van der Waals surface area contributed by atoms with E-state index < -0.39 is 0 Å². The minimum Gasteiger partial charge on any atom is -0.300 e. The van der Waals surface area contributed by atoms with Crippen molar-refractivity contribution in [2.24, 2.45) is 0 Å². The molecule has 1 aliphatic carbocycles. The second kappa shape index (κ2) is 5.54. The third-order valence-electron chi connectivity index (χ3n) is 4.45. The standard InChI is InChI=1S/C19H17NO/c20-14-15-8-10-17(11-9-15)19(12-4-7-18(21)13-19)16-5-2-1-3-6-16/h1-3,5-6,8-11H,4,7,12-13H2. The molecule has 21 heavy (non-hydrogen) atoms. The van der Waals surface area contributed by atoms with Crippen LogP contribution >= 0.6 is 0 Å². The summed E-state index contributed by atoms with van der Waals surface area (Å²) in [5.41, 5.74) is 2.76. The molecule has 1 aliphatic rings. The number of rotatable bonds is 2. The summed E-state index contributed by atoms with van der Waals surface area (Å²) >= 11 is 0. The van der Waals surface area contributed by atoms with Crippen LogP contribution in [-0.2, 0) is 10.2 Å². The van der Waals surface area contributed by atoms with Crippen LogP contribution in [0.25, 0.3) is 0 Å². The van der Waals surface area contributed by atoms with Crippen LogP contribution in [0.15, 0.2) is 54.6 Å². The van der Waals surface area contributed by atoms with Crippen molar-refractivity contribution >= 4 is 5.78 Å². The molecule has 0 aromatic heterocycles. The average molecular weight is 275 g/mol. The molecule has 1 saturated carbocycles. The number of nitriles is 1. The topological polar surface area (TPSA) is 40.9 Å². The first-order chi connectivity index (χ1) is 10.2. The molecule has 2 heteroatoms. The van der Waals surface area contributed by atoms with Gasteiger partial charge in [0, 0.05) is 18.3 Å². The minimum atomic E-state index is -0.232. The highest BCUT2D eigenvalue weighted by Gasteiger charge is 2.38. The molecular weight excluding hydrogens is 258 g/mol. The van der Waals surface area contributed by atoms with Crippen LogP contribution in [0.2, 0.25) is 0 Å². The molecule has 3 rings (SSSR count). The van der Waals surface area contributed by atoms with E-state index in [9.17, 15) is 4.79 Å². The maximum absolute atomic E-state index is 12.1. The molecule has 1 fully saturated rings. The number of carbonyl (C=O) groups excluding carboxylic acids is 1. The molecule has 0 spiro atoms. The van der Waals surface area contributed by atoms with Gasteiger partial charge in [-0.15, -0.1) is 0 Å². The van der Waals surface area contributed by atoms with E-state index in [0.29, 0.717) is 24.2 Å². The Labute approximate surface area is 125 Å². The van der Waals surface area contributed by atoms with E-state index in [1.54, 1.807) is 0 Å². The second-order valence-corrected chi connectivity index (χ2v) is 5.71. The van der Waals surface area contributed by atoms with Gasteiger partial charge in [-0.1, -0.05) is 42.5 Å². The number of carbonyl (C=O) groups is 1. The Bertz CT molecular complexity index is 682. The normalized spacial score (nSPS) is 21.8. The fraction of sp³-hybridized carbons (Fsp3) is 0.263. The SMILES string of the molecule is N#Cc1ccc(C2(c3ccccc3)CCCC(=O)C2)cc1. The highest BCUT2D eigenvalue weighted by atomic mass is 16.1. The summed E-state index contributed by atoms with van der Waals surface area (Å²) in [6, 6.07) is 20.1. The van der Waals surface area contributed by atoms with Crippen molar-refractivity contribution in [3.05, 3.63) is 71.3 Å². The molecule has 0 heterocycles. The largest absolute Gasteiger partial charge is 0.300 e. The van der Waals surface area contributed by atoms with Crippen molar-refractivity contribution < 1.29 is 4.79 Å². The van der Waals surface area contributed by atoms with Crippen LogP contribution in [0.3, 0.4) is 0 Å². The molecule has 0 saturated heterocycles. The number of hydrogen-bond acceptors (Lipinski definition) is 2. The van der Waals surface area contributed by atoms with E-state index in [-0.39, 0.29) is 5.41 Å². The van der Waals surface area contributed by atoms with E-state index in [1.807, 2.05) is 42.5 Å². The van der Waals surface area contributed by atoms with Gasteiger partial charge in [-0.3, -0.25) is 4.79 Å². The van der Waals surface area contributed by atoms with Crippen LogP contribution in [0, 0.1) is 11.3 Å². The number of nitrogens with zero attached hydrogens (tertiary/aromatic N) is 1. The number of hydrogen-bond donors (Lipinski definition) is 0. The first-order valence-corrected chi connectivity index (χ1v) is 7.32. The van der Waals surface area contributed by atoms with Gasteiger partial charge in [0.25, 0.3) is 0 Å². The van der Waals surface area contributed by atoms with Crippen LogP contribution in [-0.4, -0.2) is 5.78 Å². The van der Waals surface area contributed by atoms with Crippen molar-refractivity contribution in [3.63, 3.8) is 0 Å². The van der Waals surface area contributed by atoms with Crippen LogP contribution in [0.4, 0.5) is 0 Å². The predicted molar refractivity (Wildman–Crippen MR) is 81.9 cm³/mol. The highest BCUT2D eigenvalue weighted by Crippen LogP contribution is 2.43. The first kappa shape index (κ1) is 13.6. The summed E-state index contributed by atoms with van der Waals surface area (Å²) < 4.78 is 0. The molecule has 104 valence electrons. The summed E-state index contributed by atoms with van der Waals surface area (Å²) in [5, 5.41) is 8.96. The van der Waals surface area contributed by atoms with Gasteiger partial charge in [0.05, 0.1) is 11.6 Å². The summed E-state index contributed by atoms with van der Waals surface area (Å²) in [6.07, 6.45) is 3.15. The van der Waals surface area contributed by atoms with Gasteiger partial charge in [0.1, 0.15) is 5.78 Å². The van der Waals surface area contributed by atoms with Gasteiger partial charge in [0.15, 0.2) is 0 Å². The van der Waals surface area contributed by atoms with Gasteiger partial charge in [-0.25, -0.2) is 0 Å². The molecule has 1 atom stereocenters. The van der Waals surface area contributed by atoms with E-state index in [0.717, 1.165) is 18.4 Å². The fourth-order valence-electron chi connectivity index (χ4n) is 3.38. The Hall–Kier alpha value is -2.40. The average Bonchev–Trinajstić information content (AvgIpc) is 2.55. The first-order valence-electron chi connectivity index (χ1n) is 7.32. The maximum atomic E-state index is 12.1. The van der Waals surface area contributed by atoms with Gasteiger partial charge >= 0.3 is 0 Å². The molecule has 0 radical (unpaired) electrons. The quantitative estimate of drug-likeness (QED) is 0.831. The summed E-state index contributed by atoms with van der Waals surface area (Å²) in [4.78, 5) is 12.1. The third kappa shape index (κ3) is 2.48. The van der Waals surface area contributed by atoms with Crippen LogP contribution in [0.1, 0.15) is 42.4 Å². The minimum absolute atomic E-state index is 0.232. The number of benzene rings is 2. The zero-order valence-electron chi connectivity index (χ0n) is 11.9. The molecule has 0 N–H and O–H groups in total. The van der Waals surface area contributed by atoms with Gasteiger partial charge in [-0.05, 0) is 36.1 Å². The molecular formula is C19H17NO. The lowest BCUT2D eigenvalue weighted by Gasteiger charge is -2.37. The molecule has 1 unspecified atom stereocenters. The van der Waals surface area contributed by atoms with Crippen molar-refractivity contribution in [3.8, 4) is 6.07 Å². The second-order valence-electron chi connectivity index (χ2n) is 5.71. The zero-order chi connectivity index (χ0) is 14.7. The van der Waals surface area contributed by atoms with Crippen LogP contribution < -0.4 is 0 Å². The van der Waals surface area contributed by atoms with E-state index in [1.165, 1.54) is 5.56 Å².